The molecule has 0 aromatic heterocycles. The number of nitrogens with two attached hydrogens (primary N) is 3. The van der Waals surface area contributed by atoms with E-state index in [1.807, 2.05) is 0 Å². The maximum Gasteiger partial charge on any atom is 0.324 e. The van der Waals surface area contributed by atoms with Crippen LogP contribution in [0.15, 0.2) is 0 Å². The van der Waals surface area contributed by atoms with E-state index in [4.69, 9.17) is 27.4 Å². The Morgan fingerprint density at radius 2 is 1.89 bits per heavy atom. The fourth-order valence-corrected chi connectivity index (χ4v) is 2.19. The normalized spacial score (nSPS) is 15.9. The summed E-state index contributed by atoms with van der Waals surface area (Å²) in [5.74, 6) is -1.04. The maximum atomic E-state index is 10.8. The molecule has 0 fully saturated rings. The number of thioether (sulfide) groups is 1. The van der Waals surface area contributed by atoms with E-state index in [2.05, 4.69) is 0 Å². The average molecular weight is 279 g/mol. The van der Waals surface area contributed by atoms with E-state index in [9.17, 15) is 9.59 Å². The van der Waals surface area contributed by atoms with Crippen molar-refractivity contribution in [2.24, 2.45) is 17.2 Å². The smallest absolute Gasteiger partial charge is 0.324 e. The standard InChI is InChI=1S/C10H21N3O4S/c11-6-10(13,9(16)17)3-1-2-4-18-5-7(12)8(14)15/h7H,1-6,11-13H2,(H,14,15)(H,16,17)/t7-,10-/m0/s1. The van der Waals surface area contributed by atoms with Crippen LogP contribution in [0.1, 0.15) is 19.3 Å². The number of aliphatic carboxylic acids is 2. The Bertz CT molecular complexity index is 290. The van der Waals surface area contributed by atoms with Gasteiger partial charge in [-0.3, -0.25) is 9.59 Å². The number of unbranched alkanes of at least 4 members (excludes halogenated alkanes) is 1. The van der Waals surface area contributed by atoms with Crippen LogP contribution in [0.4, 0.5) is 0 Å². The molecule has 0 heterocycles. The van der Waals surface area contributed by atoms with Gasteiger partial charge in [0.15, 0.2) is 0 Å². The van der Waals surface area contributed by atoms with Crippen molar-refractivity contribution in [2.75, 3.05) is 18.1 Å². The topological polar surface area (TPSA) is 153 Å². The van der Waals surface area contributed by atoms with E-state index in [-0.39, 0.29) is 6.54 Å². The Hall–Kier alpha value is -0.830. The number of carboxylic acids is 2. The molecule has 8 heteroatoms. The molecular formula is C10H21N3O4S. The molecule has 0 radical (unpaired) electrons. The van der Waals surface area contributed by atoms with Gasteiger partial charge in [-0.25, -0.2) is 0 Å². The van der Waals surface area contributed by atoms with Crippen LogP contribution < -0.4 is 17.2 Å². The van der Waals surface area contributed by atoms with Crippen LogP contribution in [0.25, 0.3) is 0 Å². The minimum atomic E-state index is -1.36. The first-order valence-electron chi connectivity index (χ1n) is 5.62. The summed E-state index contributed by atoms with van der Waals surface area (Å²) in [7, 11) is 0. The molecule has 106 valence electrons. The molecule has 0 aromatic rings. The van der Waals surface area contributed by atoms with Crippen molar-refractivity contribution in [1.29, 1.82) is 0 Å². The Kier molecular flexibility index (Phi) is 7.92. The quantitative estimate of drug-likeness (QED) is 0.321. The van der Waals surface area contributed by atoms with Gasteiger partial charge in [0.2, 0.25) is 0 Å². The van der Waals surface area contributed by atoms with Gasteiger partial charge in [-0.1, -0.05) is 6.42 Å². The van der Waals surface area contributed by atoms with Gasteiger partial charge in [-0.05, 0) is 18.6 Å². The van der Waals surface area contributed by atoms with Crippen molar-refractivity contribution < 1.29 is 19.8 Å². The van der Waals surface area contributed by atoms with Gasteiger partial charge in [0, 0.05) is 12.3 Å². The van der Waals surface area contributed by atoms with Crippen LogP contribution in [0.5, 0.6) is 0 Å². The molecule has 18 heavy (non-hydrogen) atoms. The zero-order valence-electron chi connectivity index (χ0n) is 10.2. The zero-order chi connectivity index (χ0) is 14.2. The molecule has 0 unspecified atom stereocenters. The van der Waals surface area contributed by atoms with Crippen LogP contribution in [0.2, 0.25) is 0 Å². The first kappa shape index (κ1) is 17.2. The van der Waals surface area contributed by atoms with Crippen LogP contribution in [-0.4, -0.2) is 51.8 Å². The van der Waals surface area contributed by atoms with E-state index in [1.54, 1.807) is 0 Å². The van der Waals surface area contributed by atoms with Crippen molar-refractivity contribution in [1.82, 2.24) is 0 Å². The number of carbonyl (C=O) groups is 2. The van der Waals surface area contributed by atoms with Crippen molar-refractivity contribution in [2.45, 2.75) is 30.8 Å². The molecule has 0 saturated carbocycles. The minimum Gasteiger partial charge on any atom is -0.480 e. The molecule has 0 aliphatic heterocycles. The lowest BCUT2D eigenvalue weighted by Crippen LogP contribution is -2.53. The lowest BCUT2D eigenvalue weighted by atomic mass is 9.94. The van der Waals surface area contributed by atoms with Gasteiger partial charge < -0.3 is 27.4 Å². The summed E-state index contributed by atoms with van der Waals surface area (Å²) in [6.45, 7) is -0.0979. The summed E-state index contributed by atoms with van der Waals surface area (Å²) in [5, 5.41) is 17.4. The fraction of sp³-hybridized carbons (Fsp3) is 0.800. The van der Waals surface area contributed by atoms with E-state index in [0.29, 0.717) is 18.6 Å². The van der Waals surface area contributed by atoms with E-state index in [1.165, 1.54) is 11.8 Å². The number of carboxylic acid groups (broad SMARTS) is 2. The highest BCUT2D eigenvalue weighted by Gasteiger charge is 2.31. The lowest BCUT2D eigenvalue weighted by molar-refractivity contribution is -0.143. The van der Waals surface area contributed by atoms with Crippen LogP contribution in [0, 0.1) is 0 Å². The highest BCUT2D eigenvalue weighted by Crippen LogP contribution is 2.13. The molecule has 0 aliphatic rings. The summed E-state index contributed by atoms with van der Waals surface area (Å²) in [5.41, 5.74) is 14.9. The van der Waals surface area contributed by atoms with Gasteiger partial charge in [0.25, 0.3) is 0 Å². The van der Waals surface area contributed by atoms with Gasteiger partial charge in [-0.2, -0.15) is 11.8 Å². The molecule has 0 aliphatic carbocycles. The van der Waals surface area contributed by atoms with E-state index >= 15 is 0 Å². The van der Waals surface area contributed by atoms with Gasteiger partial charge in [-0.15, -0.1) is 0 Å². The molecule has 0 aromatic carbocycles. The Labute approximate surface area is 110 Å². The Balaban J connectivity index is 3.68. The second-order valence-corrected chi connectivity index (χ2v) is 5.29. The van der Waals surface area contributed by atoms with Crippen molar-refractivity contribution in [3.63, 3.8) is 0 Å². The molecular weight excluding hydrogens is 258 g/mol. The van der Waals surface area contributed by atoms with Crippen LogP contribution in [0.3, 0.4) is 0 Å². The zero-order valence-corrected chi connectivity index (χ0v) is 11.0. The summed E-state index contributed by atoms with van der Waals surface area (Å²) in [4.78, 5) is 21.3. The number of rotatable bonds is 10. The largest absolute Gasteiger partial charge is 0.480 e. The van der Waals surface area contributed by atoms with Crippen LogP contribution in [-0.2, 0) is 9.59 Å². The molecule has 0 saturated heterocycles. The average Bonchev–Trinajstić information content (AvgIpc) is 2.32. The van der Waals surface area contributed by atoms with Gasteiger partial charge in [0.1, 0.15) is 11.6 Å². The lowest BCUT2D eigenvalue weighted by Gasteiger charge is -2.22. The number of hydrogen-bond donors (Lipinski definition) is 5. The first-order valence-corrected chi connectivity index (χ1v) is 6.77. The molecule has 0 bridgehead atoms. The Morgan fingerprint density at radius 3 is 2.33 bits per heavy atom. The van der Waals surface area contributed by atoms with E-state index in [0.717, 1.165) is 12.2 Å². The molecule has 0 amide bonds. The highest BCUT2D eigenvalue weighted by molar-refractivity contribution is 7.99. The summed E-state index contributed by atoms with van der Waals surface area (Å²) in [6.07, 6.45) is 1.70. The van der Waals surface area contributed by atoms with Crippen LogP contribution >= 0.6 is 11.8 Å². The second-order valence-electron chi connectivity index (χ2n) is 4.14. The molecule has 7 nitrogen and oxygen atoms in total. The summed E-state index contributed by atoms with van der Waals surface area (Å²) >= 11 is 1.43. The van der Waals surface area contributed by atoms with Crippen molar-refractivity contribution >= 4 is 23.7 Å². The Morgan fingerprint density at radius 1 is 1.28 bits per heavy atom. The highest BCUT2D eigenvalue weighted by atomic mass is 32.2. The third kappa shape index (κ3) is 6.20. The SMILES string of the molecule is NC[C@@](N)(CCCCSC[C@H](N)C(=O)O)C(=O)O. The third-order valence-corrected chi connectivity index (χ3v) is 3.74. The minimum absolute atomic E-state index is 0.0979. The predicted molar refractivity (Wildman–Crippen MR) is 70.4 cm³/mol. The van der Waals surface area contributed by atoms with Gasteiger partial charge in [0.05, 0.1) is 0 Å². The van der Waals surface area contributed by atoms with Gasteiger partial charge >= 0.3 is 11.9 Å². The predicted octanol–water partition coefficient (Wildman–Crippen LogP) is -0.957. The molecule has 0 rings (SSSR count). The molecule has 2 atom stereocenters. The number of hydrogen-bond acceptors (Lipinski definition) is 6. The summed E-state index contributed by atoms with van der Waals surface area (Å²) in [6, 6.07) is -0.855. The maximum absolute atomic E-state index is 10.8. The third-order valence-electron chi connectivity index (χ3n) is 2.57. The first-order chi connectivity index (χ1) is 8.33. The molecule has 8 N–H and O–H groups in total. The van der Waals surface area contributed by atoms with Crippen molar-refractivity contribution in [3.05, 3.63) is 0 Å². The summed E-state index contributed by atoms with van der Waals surface area (Å²) < 4.78 is 0. The second kappa shape index (κ2) is 8.30. The monoisotopic (exact) mass is 279 g/mol. The molecule has 0 spiro atoms. The van der Waals surface area contributed by atoms with Crippen molar-refractivity contribution in [3.8, 4) is 0 Å². The van der Waals surface area contributed by atoms with E-state index < -0.39 is 23.5 Å². The fourth-order valence-electron chi connectivity index (χ4n) is 1.22.